The van der Waals surface area contributed by atoms with Gasteiger partial charge in [-0.25, -0.2) is 0 Å². The Labute approximate surface area is 151 Å². The first-order chi connectivity index (χ1) is 11.7. The van der Waals surface area contributed by atoms with Crippen LogP contribution in [0.4, 0.5) is 0 Å². The molecule has 0 saturated heterocycles. The molecule has 1 atom stereocenters. The van der Waals surface area contributed by atoms with Gasteiger partial charge in [0.1, 0.15) is 11.5 Å². The molecule has 1 aliphatic carbocycles. The van der Waals surface area contributed by atoms with Gasteiger partial charge in [-0.2, -0.15) is 0 Å². The second-order valence-electron chi connectivity index (χ2n) is 5.90. The molecule has 1 aliphatic rings. The summed E-state index contributed by atoms with van der Waals surface area (Å²) in [5, 5.41) is 0. The topological polar surface area (TPSA) is 18.5 Å². The van der Waals surface area contributed by atoms with E-state index in [0.717, 1.165) is 35.4 Å². The highest BCUT2D eigenvalue weighted by Gasteiger charge is 2.08. The summed E-state index contributed by atoms with van der Waals surface area (Å²) in [6.45, 7) is 0.722. The molecule has 0 aliphatic heterocycles. The third-order valence-electron chi connectivity index (χ3n) is 4.09. The summed E-state index contributed by atoms with van der Waals surface area (Å²) in [6.07, 6.45) is 10.4. The predicted octanol–water partition coefficient (Wildman–Crippen LogP) is 5.56. The Bertz CT molecular complexity index is 732. The molecule has 0 spiro atoms. The Morgan fingerprint density at radius 1 is 1.08 bits per heavy atom. The lowest BCUT2D eigenvalue weighted by molar-refractivity contribution is 0.276. The van der Waals surface area contributed by atoms with E-state index >= 15 is 0 Å². The van der Waals surface area contributed by atoms with E-state index in [2.05, 4.69) is 58.4 Å². The van der Waals surface area contributed by atoms with E-state index < -0.39 is 0 Å². The van der Waals surface area contributed by atoms with E-state index in [1.54, 1.807) is 7.11 Å². The summed E-state index contributed by atoms with van der Waals surface area (Å²) >= 11 is 3.52. The fraction of sp³-hybridized carbons (Fsp3) is 0.238. The van der Waals surface area contributed by atoms with Crippen LogP contribution in [-0.4, -0.2) is 13.7 Å². The molecule has 0 radical (unpaired) electrons. The first kappa shape index (κ1) is 16.8. The van der Waals surface area contributed by atoms with Gasteiger partial charge in [-0.15, -0.1) is 0 Å². The molecule has 0 bridgehead atoms. The van der Waals surface area contributed by atoms with Gasteiger partial charge >= 0.3 is 0 Å². The van der Waals surface area contributed by atoms with Gasteiger partial charge in [0.25, 0.3) is 0 Å². The van der Waals surface area contributed by atoms with Crippen LogP contribution >= 0.6 is 15.9 Å². The van der Waals surface area contributed by atoms with Crippen molar-refractivity contribution in [2.24, 2.45) is 5.92 Å². The van der Waals surface area contributed by atoms with Crippen molar-refractivity contribution < 1.29 is 9.47 Å². The molecule has 3 heteroatoms. The monoisotopic (exact) mass is 384 g/mol. The third kappa shape index (κ3) is 4.51. The number of hydrogen-bond donors (Lipinski definition) is 0. The van der Waals surface area contributed by atoms with Crippen LogP contribution in [0.5, 0.6) is 11.5 Å². The number of rotatable bonds is 6. The van der Waals surface area contributed by atoms with Crippen molar-refractivity contribution in [1.29, 1.82) is 0 Å². The fourth-order valence-corrected chi connectivity index (χ4v) is 3.18. The molecule has 2 nitrogen and oxygen atoms in total. The molecule has 2 aromatic carbocycles. The van der Waals surface area contributed by atoms with Crippen molar-refractivity contribution in [1.82, 2.24) is 0 Å². The number of benzene rings is 2. The van der Waals surface area contributed by atoms with Crippen LogP contribution in [-0.2, 0) is 6.42 Å². The molecule has 1 unspecified atom stereocenters. The van der Waals surface area contributed by atoms with Crippen LogP contribution in [0.3, 0.4) is 0 Å². The average molecular weight is 385 g/mol. The second-order valence-corrected chi connectivity index (χ2v) is 6.81. The van der Waals surface area contributed by atoms with E-state index in [4.69, 9.17) is 9.47 Å². The molecule has 2 aromatic rings. The lowest BCUT2D eigenvalue weighted by atomic mass is 10.0. The van der Waals surface area contributed by atoms with Crippen LogP contribution in [0.25, 0.3) is 0 Å². The molecule has 0 amide bonds. The smallest absolute Gasteiger partial charge is 0.122 e. The standard InChI is InChI=1S/C21H21BrO2/c1-23-21-12-9-19(22)14-18(21)13-16-7-10-20(11-8-16)24-15-17-5-3-2-4-6-17/h2-5,7-12,14,17H,6,13,15H2,1H3. The normalized spacial score (nSPS) is 16.2. The van der Waals surface area contributed by atoms with Crippen LogP contribution in [0.15, 0.2) is 71.2 Å². The molecule has 0 aromatic heterocycles. The fourth-order valence-electron chi connectivity index (χ4n) is 2.77. The van der Waals surface area contributed by atoms with Crippen LogP contribution < -0.4 is 9.47 Å². The molecular weight excluding hydrogens is 364 g/mol. The number of ether oxygens (including phenoxy) is 2. The SMILES string of the molecule is COc1ccc(Br)cc1Cc1ccc(OCC2C=CC=CC2)cc1. The Morgan fingerprint density at radius 3 is 2.62 bits per heavy atom. The highest BCUT2D eigenvalue weighted by molar-refractivity contribution is 9.10. The second kappa shape index (κ2) is 8.20. The van der Waals surface area contributed by atoms with Crippen molar-refractivity contribution in [2.75, 3.05) is 13.7 Å². The van der Waals surface area contributed by atoms with E-state index in [-0.39, 0.29) is 0 Å². The first-order valence-corrected chi connectivity index (χ1v) is 8.91. The Morgan fingerprint density at radius 2 is 1.92 bits per heavy atom. The summed E-state index contributed by atoms with van der Waals surface area (Å²) in [5.74, 6) is 2.30. The maximum Gasteiger partial charge on any atom is 0.122 e. The minimum Gasteiger partial charge on any atom is -0.496 e. The Balaban J connectivity index is 1.61. The first-order valence-electron chi connectivity index (χ1n) is 8.12. The number of halogens is 1. The van der Waals surface area contributed by atoms with Gasteiger partial charge in [0.05, 0.1) is 13.7 Å². The molecule has 124 valence electrons. The predicted molar refractivity (Wildman–Crippen MR) is 102 cm³/mol. The van der Waals surface area contributed by atoms with E-state index in [1.165, 1.54) is 11.1 Å². The zero-order chi connectivity index (χ0) is 16.8. The van der Waals surface area contributed by atoms with Gasteiger partial charge in [0.15, 0.2) is 0 Å². The van der Waals surface area contributed by atoms with Crippen molar-refractivity contribution in [3.63, 3.8) is 0 Å². The third-order valence-corrected chi connectivity index (χ3v) is 4.59. The summed E-state index contributed by atoms with van der Waals surface area (Å²) in [6, 6.07) is 14.4. The molecule has 0 fully saturated rings. The van der Waals surface area contributed by atoms with Crippen LogP contribution in [0.2, 0.25) is 0 Å². The lowest BCUT2D eigenvalue weighted by Gasteiger charge is -2.14. The molecule has 0 N–H and O–H groups in total. The van der Waals surface area contributed by atoms with Gasteiger partial charge < -0.3 is 9.47 Å². The minimum atomic E-state index is 0.473. The molecule has 24 heavy (non-hydrogen) atoms. The summed E-state index contributed by atoms with van der Waals surface area (Å²) in [4.78, 5) is 0. The number of allylic oxidation sites excluding steroid dienone is 3. The van der Waals surface area contributed by atoms with Gasteiger partial charge in [-0.1, -0.05) is 52.4 Å². The number of methoxy groups -OCH3 is 1. The van der Waals surface area contributed by atoms with E-state index in [0.29, 0.717) is 5.92 Å². The summed E-state index contributed by atoms with van der Waals surface area (Å²) in [5.41, 5.74) is 2.40. The van der Waals surface area contributed by atoms with Crippen molar-refractivity contribution in [3.05, 3.63) is 82.4 Å². The largest absolute Gasteiger partial charge is 0.496 e. The van der Waals surface area contributed by atoms with Gasteiger partial charge in [-0.05, 0) is 47.9 Å². The highest BCUT2D eigenvalue weighted by atomic mass is 79.9. The lowest BCUT2D eigenvalue weighted by Crippen LogP contribution is -2.10. The molecule has 0 saturated carbocycles. The minimum absolute atomic E-state index is 0.473. The average Bonchev–Trinajstić information content (AvgIpc) is 2.62. The number of hydrogen-bond acceptors (Lipinski definition) is 2. The Kier molecular flexibility index (Phi) is 5.76. The van der Waals surface area contributed by atoms with Gasteiger partial charge in [0.2, 0.25) is 0 Å². The van der Waals surface area contributed by atoms with E-state index in [9.17, 15) is 0 Å². The molecule has 0 heterocycles. The maximum atomic E-state index is 5.90. The quantitative estimate of drug-likeness (QED) is 0.648. The van der Waals surface area contributed by atoms with E-state index in [1.807, 2.05) is 24.3 Å². The zero-order valence-electron chi connectivity index (χ0n) is 13.7. The van der Waals surface area contributed by atoms with Crippen molar-refractivity contribution >= 4 is 15.9 Å². The van der Waals surface area contributed by atoms with Crippen molar-refractivity contribution in [2.45, 2.75) is 12.8 Å². The van der Waals surface area contributed by atoms with Crippen molar-refractivity contribution in [3.8, 4) is 11.5 Å². The zero-order valence-corrected chi connectivity index (χ0v) is 15.3. The van der Waals surface area contributed by atoms with Crippen LogP contribution in [0, 0.1) is 5.92 Å². The van der Waals surface area contributed by atoms with Crippen LogP contribution in [0.1, 0.15) is 17.5 Å². The molecular formula is C21H21BrO2. The maximum absolute atomic E-state index is 5.90. The summed E-state index contributed by atoms with van der Waals surface area (Å²) < 4.78 is 12.4. The van der Waals surface area contributed by atoms with Gasteiger partial charge in [-0.3, -0.25) is 0 Å². The highest BCUT2D eigenvalue weighted by Crippen LogP contribution is 2.26. The molecule has 3 rings (SSSR count). The van der Waals surface area contributed by atoms with Gasteiger partial charge in [0, 0.05) is 16.8 Å². The summed E-state index contributed by atoms with van der Waals surface area (Å²) in [7, 11) is 1.71. The Hall–Kier alpha value is -2.00.